The van der Waals surface area contributed by atoms with Crippen molar-refractivity contribution in [3.05, 3.63) is 0 Å². The Morgan fingerprint density at radius 1 is 0.933 bits per heavy atom. The Labute approximate surface area is 95.8 Å². The Bertz CT molecular complexity index is 194. The molecule has 4 atom stereocenters. The average Bonchev–Trinajstić information content (AvgIpc) is 2.72. The van der Waals surface area contributed by atoms with E-state index in [1.165, 1.54) is 19.3 Å². The second-order valence-electron chi connectivity index (χ2n) is 6.75. The monoisotopic (exact) mass is 208 g/mol. The lowest BCUT2D eigenvalue weighted by molar-refractivity contribution is 0.316. The molecule has 0 N–H and O–H groups in total. The van der Waals surface area contributed by atoms with E-state index in [9.17, 15) is 0 Å². The smallest absolute Gasteiger partial charge is 0.0383 e. The van der Waals surface area contributed by atoms with Crippen molar-refractivity contribution in [1.29, 1.82) is 0 Å². The van der Waals surface area contributed by atoms with Crippen molar-refractivity contribution < 1.29 is 0 Å². The van der Waals surface area contributed by atoms with Crippen LogP contribution in [0.2, 0.25) is 0 Å². The lowest BCUT2D eigenvalue weighted by Gasteiger charge is -2.19. The summed E-state index contributed by atoms with van der Waals surface area (Å²) in [5.74, 6) is 5.23. The molecule has 0 aliphatic heterocycles. The minimum Gasteiger partial charge on any atom is -0.0628 e. The molecule has 2 aliphatic carbocycles. The van der Waals surface area contributed by atoms with E-state index >= 15 is 0 Å². The molecule has 0 aromatic carbocycles. The SMILES string of the molecule is CC(C)CC1CCC(C2CCC(C)C2)C1. The van der Waals surface area contributed by atoms with Gasteiger partial charge in [0, 0.05) is 0 Å². The van der Waals surface area contributed by atoms with Crippen LogP contribution in [-0.2, 0) is 0 Å². The van der Waals surface area contributed by atoms with Gasteiger partial charge in [0.05, 0.1) is 0 Å². The van der Waals surface area contributed by atoms with Crippen molar-refractivity contribution in [2.24, 2.45) is 29.6 Å². The first-order valence-electron chi connectivity index (χ1n) is 7.15. The van der Waals surface area contributed by atoms with Crippen LogP contribution >= 0.6 is 0 Å². The first-order valence-corrected chi connectivity index (χ1v) is 7.15. The molecule has 0 radical (unpaired) electrons. The molecule has 2 fully saturated rings. The van der Waals surface area contributed by atoms with Crippen molar-refractivity contribution >= 4 is 0 Å². The van der Waals surface area contributed by atoms with Crippen LogP contribution in [0.3, 0.4) is 0 Å². The molecule has 0 bridgehead atoms. The van der Waals surface area contributed by atoms with Gasteiger partial charge in [-0.1, -0.05) is 33.6 Å². The quantitative estimate of drug-likeness (QED) is 0.620. The summed E-state index contributed by atoms with van der Waals surface area (Å²) in [6, 6.07) is 0. The summed E-state index contributed by atoms with van der Waals surface area (Å²) < 4.78 is 0. The highest BCUT2D eigenvalue weighted by molar-refractivity contribution is 4.85. The second-order valence-corrected chi connectivity index (χ2v) is 6.75. The minimum absolute atomic E-state index is 0.913. The summed E-state index contributed by atoms with van der Waals surface area (Å²) in [7, 11) is 0. The summed E-state index contributed by atoms with van der Waals surface area (Å²) >= 11 is 0. The Hall–Kier alpha value is 0. The van der Waals surface area contributed by atoms with Gasteiger partial charge >= 0.3 is 0 Å². The van der Waals surface area contributed by atoms with E-state index < -0.39 is 0 Å². The van der Waals surface area contributed by atoms with Crippen LogP contribution in [0.5, 0.6) is 0 Å². The van der Waals surface area contributed by atoms with E-state index in [2.05, 4.69) is 20.8 Å². The van der Waals surface area contributed by atoms with Crippen LogP contribution in [-0.4, -0.2) is 0 Å². The van der Waals surface area contributed by atoms with Crippen molar-refractivity contribution in [1.82, 2.24) is 0 Å². The van der Waals surface area contributed by atoms with Crippen LogP contribution < -0.4 is 0 Å². The van der Waals surface area contributed by atoms with Crippen LogP contribution in [0.25, 0.3) is 0 Å². The summed E-state index contributed by atoms with van der Waals surface area (Å²) in [6.45, 7) is 7.20. The van der Waals surface area contributed by atoms with Gasteiger partial charge in [0.1, 0.15) is 0 Å². The van der Waals surface area contributed by atoms with Gasteiger partial charge in [-0.05, 0) is 61.7 Å². The van der Waals surface area contributed by atoms with E-state index in [0.29, 0.717) is 0 Å². The van der Waals surface area contributed by atoms with Gasteiger partial charge in [0.25, 0.3) is 0 Å². The summed E-state index contributed by atoms with van der Waals surface area (Å²) in [4.78, 5) is 0. The fraction of sp³-hybridized carbons (Fsp3) is 1.00. The highest BCUT2D eigenvalue weighted by Crippen LogP contribution is 2.45. The van der Waals surface area contributed by atoms with Gasteiger partial charge in [-0.25, -0.2) is 0 Å². The second kappa shape index (κ2) is 4.89. The average molecular weight is 208 g/mol. The molecular formula is C15H28. The highest BCUT2D eigenvalue weighted by atomic mass is 14.4. The fourth-order valence-corrected chi connectivity index (χ4v) is 4.10. The van der Waals surface area contributed by atoms with Gasteiger partial charge in [-0.15, -0.1) is 0 Å². The normalized spacial score (nSPS) is 41.6. The third-order valence-corrected chi connectivity index (χ3v) is 4.79. The van der Waals surface area contributed by atoms with Crippen molar-refractivity contribution in [3.8, 4) is 0 Å². The predicted octanol–water partition coefficient (Wildman–Crippen LogP) is 4.89. The lowest BCUT2D eigenvalue weighted by atomic mass is 9.87. The molecule has 2 rings (SSSR count). The van der Waals surface area contributed by atoms with Crippen LogP contribution in [0, 0.1) is 29.6 Å². The summed E-state index contributed by atoms with van der Waals surface area (Å²) in [5, 5.41) is 0. The van der Waals surface area contributed by atoms with E-state index in [4.69, 9.17) is 0 Å². The molecule has 0 amide bonds. The molecular weight excluding hydrogens is 180 g/mol. The third kappa shape index (κ3) is 2.98. The molecule has 0 aromatic rings. The van der Waals surface area contributed by atoms with E-state index in [-0.39, 0.29) is 0 Å². The predicted molar refractivity (Wildman–Crippen MR) is 66.8 cm³/mol. The molecule has 0 heterocycles. The maximum Gasteiger partial charge on any atom is -0.0383 e. The van der Waals surface area contributed by atoms with E-state index in [0.717, 1.165) is 29.6 Å². The van der Waals surface area contributed by atoms with Gasteiger partial charge in [0.15, 0.2) is 0 Å². The molecule has 0 nitrogen and oxygen atoms in total. The Morgan fingerprint density at radius 3 is 2.20 bits per heavy atom. The first kappa shape index (κ1) is 11.5. The third-order valence-electron chi connectivity index (χ3n) is 4.79. The summed E-state index contributed by atoms with van der Waals surface area (Å²) in [6.07, 6.45) is 10.7. The molecule has 88 valence electrons. The zero-order valence-corrected chi connectivity index (χ0v) is 10.8. The minimum atomic E-state index is 0.913. The largest absolute Gasteiger partial charge is 0.0628 e. The molecule has 2 aliphatic rings. The highest BCUT2D eigenvalue weighted by Gasteiger charge is 2.34. The van der Waals surface area contributed by atoms with E-state index in [1.807, 2.05) is 0 Å². The Morgan fingerprint density at radius 2 is 1.60 bits per heavy atom. The zero-order chi connectivity index (χ0) is 10.8. The maximum atomic E-state index is 2.44. The maximum absolute atomic E-state index is 2.44. The Balaban J connectivity index is 1.77. The number of rotatable bonds is 3. The van der Waals surface area contributed by atoms with Crippen LogP contribution in [0.4, 0.5) is 0 Å². The molecule has 2 saturated carbocycles. The van der Waals surface area contributed by atoms with Crippen molar-refractivity contribution in [3.63, 3.8) is 0 Å². The van der Waals surface area contributed by atoms with E-state index in [1.54, 1.807) is 25.7 Å². The molecule has 0 saturated heterocycles. The Kier molecular flexibility index (Phi) is 3.74. The lowest BCUT2D eigenvalue weighted by Crippen LogP contribution is -2.09. The zero-order valence-electron chi connectivity index (χ0n) is 10.8. The molecule has 0 heteroatoms. The van der Waals surface area contributed by atoms with Gasteiger partial charge in [0.2, 0.25) is 0 Å². The van der Waals surface area contributed by atoms with Gasteiger partial charge in [-0.3, -0.25) is 0 Å². The van der Waals surface area contributed by atoms with Crippen molar-refractivity contribution in [2.75, 3.05) is 0 Å². The van der Waals surface area contributed by atoms with Crippen molar-refractivity contribution in [2.45, 2.75) is 65.7 Å². The molecule has 0 spiro atoms. The number of hydrogen-bond donors (Lipinski definition) is 0. The number of hydrogen-bond acceptors (Lipinski definition) is 0. The first-order chi connectivity index (χ1) is 7.15. The molecule has 0 aromatic heterocycles. The van der Waals surface area contributed by atoms with Gasteiger partial charge in [-0.2, -0.15) is 0 Å². The summed E-state index contributed by atoms with van der Waals surface area (Å²) in [5.41, 5.74) is 0. The van der Waals surface area contributed by atoms with Crippen LogP contribution in [0.15, 0.2) is 0 Å². The topological polar surface area (TPSA) is 0 Å². The fourth-order valence-electron chi connectivity index (χ4n) is 4.10. The van der Waals surface area contributed by atoms with Crippen LogP contribution in [0.1, 0.15) is 65.7 Å². The van der Waals surface area contributed by atoms with Gasteiger partial charge < -0.3 is 0 Å². The molecule has 15 heavy (non-hydrogen) atoms. The standard InChI is InChI=1S/C15H28/c1-11(2)8-13-5-7-15(10-13)14-6-4-12(3)9-14/h11-15H,4-10H2,1-3H3. The molecule has 4 unspecified atom stereocenters.